The summed E-state index contributed by atoms with van der Waals surface area (Å²) in [6.07, 6.45) is -0.590. The van der Waals surface area contributed by atoms with E-state index in [4.69, 9.17) is 21.7 Å². The molecule has 1 aromatic rings. The summed E-state index contributed by atoms with van der Waals surface area (Å²) in [5.74, 6) is -3.57. The van der Waals surface area contributed by atoms with Crippen LogP contribution in [0.1, 0.15) is 18.4 Å². The van der Waals surface area contributed by atoms with Crippen LogP contribution in [0.3, 0.4) is 0 Å². The summed E-state index contributed by atoms with van der Waals surface area (Å²) in [5, 5.41) is 17.7. The number of carbonyl (C=O) groups excluding carboxylic acids is 2. The number of halogens is 1. The lowest BCUT2D eigenvalue weighted by atomic mass is 10.1. The summed E-state index contributed by atoms with van der Waals surface area (Å²) < 4.78 is 1.07. The van der Waals surface area contributed by atoms with E-state index in [2.05, 4.69) is 22.6 Å². The van der Waals surface area contributed by atoms with Gasteiger partial charge in [0.15, 0.2) is 0 Å². The Hall–Kier alpha value is -1.70. The van der Waals surface area contributed by atoms with Crippen LogP contribution in [-0.4, -0.2) is 63.2 Å². The molecule has 0 bridgehead atoms. The minimum absolute atomic E-state index is 0.178. The van der Waals surface area contributed by atoms with E-state index in [1.54, 1.807) is 0 Å². The van der Waals surface area contributed by atoms with E-state index >= 15 is 0 Å². The van der Waals surface area contributed by atoms with Crippen molar-refractivity contribution in [3.8, 4) is 0 Å². The number of aliphatic carboxylic acids is 2. The molecule has 0 fully saturated rings. The van der Waals surface area contributed by atoms with Crippen LogP contribution in [0.2, 0.25) is 0 Å². The molecule has 0 heterocycles. The average molecular weight is 523 g/mol. The monoisotopic (exact) mass is 523 g/mol. The van der Waals surface area contributed by atoms with Crippen molar-refractivity contribution in [2.45, 2.75) is 30.7 Å². The Morgan fingerprint density at radius 3 is 2.21 bits per heavy atom. The number of hydrogen-bond donors (Lipinski definition) is 4. The first-order valence-electron chi connectivity index (χ1n) is 8.24. The molecule has 9 nitrogen and oxygen atoms in total. The molecule has 0 aliphatic carbocycles. The molecule has 2 amide bonds. The number of rotatable bonds is 11. The highest BCUT2D eigenvalue weighted by Crippen LogP contribution is 2.19. The molecule has 0 radical (unpaired) electrons. The lowest BCUT2D eigenvalue weighted by Crippen LogP contribution is -2.54. The van der Waals surface area contributed by atoms with Crippen LogP contribution < -0.4 is 11.5 Å². The van der Waals surface area contributed by atoms with E-state index < -0.39 is 42.4 Å². The number of carboxylic acids is 2. The van der Waals surface area contributed by atoms with E-state index in [9.17, 15) is 19.2 Å². The first-order chi connectivity index (χ1) is 13.1. The molecule has 6 N–H and O–H groups in total. The van der Waals surface area contributed by atoms with Crippen molar-refractivity contribution in [3.63, 3.8) is 0 Å². The van der Waals surface area contributed by atoms with Gasteiger partial charge in [0.1, 0.15) is 6.54 Å². The van der Waals surface area contributed by atoms with Gasteiger partial charge in [-0.3, -0.25) is 24.1 Å². The molecule has 11 heteroatoms. The molecule has 154 valence electrons. The van der Waals surface area contributed by atoms with E-state index in [0.717, 1.165) is 9.13 Å². The van der Waals surface area contributed by atoms with Crippen LogP contribution in [-0.2, 0) is 24.9 Å². The van der Waals surface area contributed by atoms with Crippen LogP contribution in [0.5, 0.6) is 0 Å². The van der Waals surface area contributed by atoms with Gasteiger partial charge in [-0.15, -0.1) is 0 Å². The zero-order valence-electron chi connectivity index (χ0n) is 14.9. The number of carboxylic acid groups (broad SMARTS) is 2. The van der Waals surface area contributed by atoms with Crippen molar-refractivity contribution < 1.29 is 29.4 Å². The first kappa shape index (κ1) is 24.3. The highest BCUT2D eigenvalue weighted by atomic mass is 127. The number of benzene rings is 1. The Morgan fingerprint density at radius 1 is 1.04 bits per heavy atom. The second-order valence-electron chi connectivity index (χ2n) is 5.91. The predicted octanol–water partition coefficient (Wildman–Crippen LogP) is 0.484. The van der Waals surface area contributed by atoms with Gasteiger partial charge in [0.25, 0.3) is 0 Å². The number of amides is 2. The smallest absolute Gasteiger partial charge is 0.323 e. The standard InChI is InChI=1S/C17H22IN3O6S/c18-11-4-2-1-3-10(11)8-28-9-13(20)17(27)21(7-15(24)25)16(26)12(19)5-6-14(22)23/h1-4,12-13H,5-9,19-20H2,(H,22,23)(H,24,25). The van der Waals surface area contributed by atoms with E-state index in [1.165, 1.54) is 11.8 Å². The van der Waals surface area contributed by atoms with Crippen LogP contribution in [0.25, 0.3) is 0 Å². The Morgan fingerprint density at radius 2 is 1.64 bits per heavy atom. The molecule has 1 aromatic carbocycles. The molecule has 0 aliphatic rings. The van der Waals surface area contributed by atoms with Crippen LogP contribution in [0, 0.1) is 3.57 Å². The molecule has 0 saturated carbocycles. The first-order valence-corrected chi connectivity index (χ1v) is 10.5. The van der Waals surface area contributed by atoms with Gasteiger partial charge in [-0.25, -0.2) is 0 Å². The van der Waals surface area contributed by atoms with E-state index in [1.807, 2.05) is 24.3 Å². The minimum atomic E-state index is -1.40. The third kappa shape index (κ3) is 8.12. The fraction of sp³-hybridized carbons (Fsp3) is 0.412. The zero-order chi connectivity index (χ0) is 21.3. The summed E-state index contributed by atoms with van der Waals surface area (Å²) >= 11 is 3.58. The van der Waals surface area contributed by atoms with Gasteiger partial charge in [-0.1, -0.05) is 18.2 Å². The maximum absolute atomic E-state index is 12.5. The molecule has 2 unspecified atom stereocenters. The van der Waals surface area contributed by atoms with Crippen LogP contribution in [0.15, 0.2) is 24.3 Å². The van der Waals surface area contributed by atoms with Crippen molar-refractivity contribution in [1.82, 2.24) is 4.90 Å². The van der Waals surface area contributed by atoms with Crippen molar-refractivity contribution >= 4 is 58.1 Å². The molecule has 0 spiro atoms. The fourth-order valence-electron chi connectivity index (χ4n) is 2.19. The van der Waals surface area contributed by atoms with Gasteiger partial charge in [0, 0.05) is 21.5 Å². The lowest BCUT2D eigenvalue weighted by molar-refractivity contribution is -0.153. The Balaban J connectivity index is 2.71. The predicted molar refractivity (Wildman–Crippen MR) is 112 cm³/mol. The molecule has 0 aromatic heterocycles. The summed E-state index contributed by atoms with van der Waals surface area (Å²) in [6.45, 7) is -0.882. The van der Waals surface area contributed by atoms with E-state index in [0.29, 0.717) is 10.7 Å². The van der Waals surface area contributed by atoms with Gasteiger partial charge >= 0.3 is 11.9 Å². The topological polar surface area (TPSA) is 164 Å². The van der Waals surface area contributed by atoms with Gasteiger partial charge in [0.2, 0.25) is 11.8 Å². The molecular weight excluding hydrogens is 501 g/mol. The number of imide groups is 1. The number of thioether (sulfide) groups is 1. The Labute approximate surface area is 180 Å². The van der Waals surface area contributed by atoms with Crippen molar-refractivity contribution in [1.29, 1.82) is 0 Å². The van der Waals surface area contributed by atoms with Gasteiger partial charge in [-0.2, -0.15) is 11.8 Å². The molecule has 0 saturated heterocycles. The summed E-state index contributed by atoms with van der Waals surface area (Å²) in [4.78, 5) is 47.0. The average Bonchev–Trinajstić information content (AvgIpc) is 2.64. The summed E-state index contributed by atoms with van der Waals surface area (Å²) in [6, 6.07) is 5.31. The Kier molecular flexibility index (Phi) is 10.4. The summed E-state index contributed by atoms with van der Waals surface area (Å²) in [7, 11) is 0. The summed E-state index contributed by atoms with van der Waals surface area (Å²) in [5.41, 5.74) is 12.6. The minimum Gasteiger partial charge on any atom is -0.481 e. The molecule has 28 heavy (non-hydrogen) atoms. The van der Waals surface area contributed by atoms with E-state index in [-0.39, 0.29) is 18.6 Å². The molecule has 2 atom stereocenters. The SMILES string of the molecule is NC(CCC(=O)O)C(=O)N(CC(=O)O)C(=O)C(N)CSCc1ccccc1I. The van der Waals surface area contributed by atoms with Crippen molar-refractivity contribution in [2.75, 3.05) is 12.3 Å². The third-order valence-electron chi connectivity index (χ3n) is 3.64. The fourth-order valence-corrected chi connectivity index (χ4v) is 4.01. The highest BCUT2D eigenvalue weighted by Gasteiger charge is 2.31. The van der Waals surface area contributed by atoms with Crippen LogP contribution in [0.4, 0.5) is 0 Å². The molecule has 0 aliphatic heterocycles. The normalized spacial score (nSPS) is 12.8. The quantitative estimate of drug-likeness (QED) is 0.302. The second-order valence-corrected chi connectivity index (χ2v) is 8.10. The maximum Gasteiger partial charge on any atom is 0.323 e. The largest absolute Gasteiger partial charge is 0.481 e. The highest BCUT2D eigenvalue weighted by molar-refractivity contribution is 14.1. The zero-order valence-corrected chi connectivity index (χ0v) is 17.9. The molecular formula is C17H22IN3O6S. The van der Waals surface area contributed by atoms with Crippen molar-refractivity contribution in [2.24, 2.45) is 11.5 Å². The number of nitrogens with two attached hydrogens (primary N) is 2. The van der Waals surface area contributed by atoms with Gasteiger partial charge < -0.3 is 21.7 Å². The van der Waals surface area contributed by atoms with Gasteiger partial charge in [0.05, 0.1) is 12.1 Å². The maximum atomic E-state index is 12.5. The Bertz CT molecular complexity index is 733. The number of hydrogen-bond acceptors (Lipinski definition) is 7. The number of carbonyl (C=O) groups is 4. The van der Waals surface area contributed by atoms with Gasteiger partial charge in [-0.05, 0) is 40.6 Å². The third-order valence-corrected chi connectivity index (χ3v) is 5.80. The van der Waals surface area contributed by atoms with Crippen molar-refractivity contribution in [3.05, 3.63) is 33.4 Å². The number of nitrogens with zero attached hydrogens (tertiary/aromatic N) is 1. The van der Waals surface area contributed by atoms with Crippen LogP contribution >= 0.6 is 34.4 Å². The molecule has 1 rings (SSSR count). The second kappa shape index (κ2) is 12.0. The lowest BCUT2D eigenvalue weighted by Gasteiger charge is -2.25.